The molecular weight excluding hydrogens is 254 g/mol. The molecule has 0 atom stereocenters. The lowest BCUT2D eigenvalue weighted by atomic mass is 10.1. The molecule has 0 aliphatic rings. The van der Waals surface area contributed by atoms with Gasteiger partial charge in [-0.2, -0.15) is 0 Å². The van der Waals surface area contributed by atoms with Crippen LogP contribution in [0.1, 0.15) is 19.4 Å². The molecule has 106 valence electrons. The third kappa shape index (κ3) is 2.54. The van der Waals surface area contributed by atoms with Crippen molar-refractivity contribution in [1.82, 2.24) is 4.98 Å². The van der Waals surface area contributed by atoms with Gasteiger partial charge in [0, 0.05) is 5.39 Å². The summed E-state index contributed by atoms with van der Waals surface area (Å²) < 4.78 is 10.7. The number of benzene rings is 1. The highest BCUT2D eigenvalue weighted by molar-refractivity contribution is 5.90. The summed E-state index contributed by atoms with van der Waals surface area (Å²) in [7, 11) is 3.16. The van der Waals surface area contributed by atoms with Gasteiger partial charge in [-0.1, -0.05) is 17.7 Å². The Bertz CT molecular complexity index is 709. The monoisotopic (exact) mass is 273 g/mol. The van der Waals surface area contributed by atoms with Crippen molar-refractivity contribution in [2.24, 2.45) is 0 Å². The predicted molar refractivity (Wildman–Crippen MR) is 80.8 cm³/mol. The highest BCUT2D eigenvalue weighted by Gasteiger charge is 2.14. The zero-order valence-electron chi connectivity index (χ0n) is 12.2. The minimum absolute atomic E-state index is 0.142. The van der Waals surface area contributed by atoms with Gasteiger partial charge < -0.3 is 14.5 Å². The fraction of sp³-hybridized carbons (Fsp3) is 0.312. The Hall–Kier alpha value is -2.23. The summed E-state index contributed by atoms with van der Waals surface area (Å²) in [5.41, 5.74) is 2.32. The van der Waals surface area contributed by atoms with Crippen LogP contribution in [0.15, 0.2) is 34.6 Å². The van der Waals surface area contributed by atoms with E-state index in [1.54, 1.807) is 14.2 Å². The average molecular weight is 273 g/mol. The van der Waals surface area contributed by atoms with Gasteiger partial charge in [0.05, 0.1) is 25.3 Å². The number of para-hydroxylation sites is 1. The van der Waals surface area contributed by atoms with E-state index in [1.807, 2.05) is 38.1 Å². The second-order valence-corrected chi connectivity index (χ2v) is 4.83. The number of pyridine rings is 1. The molecule has 0 radical (unpaired) electrons. The molecule has 0 aliphatic carbocycles. The Labute approximate surface area is 118 Å². The maximum Gasteiger partial charge on any atom is 0.255 e. The van der Waals surface area contributed by atoms with Crippen molar-refractivity contribution >= 4 is 10.9 Å². The van der Waals surface area contributed by atoms with Crippen molar-refractivity contribution in [2.45, 2.75) is 20.3 Å². The third-order valence-corrected chi connectivity index (χ3v) is 3.20. The summed E-state index contributed by atoms with van der Waals surface area (Å²) in [6.07, 6.45) is 2.56. The van der Waals surface area contributed by atoms with Crippen molar-refractivity contribution in [3.8, 4) is 11.5 Å². The van der Waals surface area contributed by atoms with E-state index in [1.165, 1.54) is 0 Å². The first-order valence-corrected chi connectivity index (χ1v) is 6.47. The summed E-state index contributed by atoms with van der Waals surface area (Å²) in [6.45, 7) is 4.01. The number of fused-ring (bicyclic) bond motifs is 1. The van der Waals surface area contributed by atoms with Gasteiger partial charge in [-0.3, -0.25) is 4.79 Å². The Morgan fingerprint density at radius 1 is 1.25 bits per heavy atom. The van der Waals surface area contributed by atoms with Crippen LogP contribution in [0.4, 0.5) is 0 Å². The van der Waals surface area contributed by atoms with Crippen LogP contribution < -0.4 is 15.0 Å². The van der Waals surface area contributed by atoms with Gasteiger partial charge in [-0.05, 0) is 32.4 Å². The molecule has 0 spiro atoms. The fourth-order valence-electron chi connectivity index (χ4n) is 2.20. The number of methoxy groups -OCH3 is 2. The molecule has 1 heterocycles. The maximum atomic E-state index is 12.3. The minimum atomic E-state index is -0.142. The molecule has 1 N–H and O–H groups in total. The van der Waals surface area contributed by atoms with E-state index in [9.17, 15) is 4.79 Å². The van der Waals surface area contributed by atoms with E-state index < -0.39 is 0 Å². The first kappa shape index (κ1) is 14.2. The molecule has 0 saturated carbocycles. The molecule has 0 amide bonds. The molecule has 1 aromatic carbocycles. The van der Waals surface area contributed by atoms with Crippen molar-refractivity contribution in [3.05, 3.63) is 45.8 Å². The molecule has 20 heavy (non-hydrogen) atoms. The minimum Gasteiger partial charge on any atom is -0.496 e. The highest BCUT2D eigenvalue weighted by atomic mass is 16.5. The van der Waals surface area contributed by atoms with Gasteiger partial charge in [0.2, 0.25) is 0 Å². The van der Waals surface area contributed by atoms with Crippen LogP contribution in [0.3, 0.4) is 0 Å². The van der Waals surface area contributed by atoms with Gasteiger partial charge in [0.1, 0.15) is 11.5 Å². The van der Waals surface area contributed by atoms with Crippen molar-refractivity contribution in [3.63, 3.8) is 0 Å². The number of aromatic amines is 1. The second-order valence-electron chi connectivity index (χ2n) is 4.83. The van der Waals surface area contributed by atoms with Crippen LogP contribution >= 0.6 is 0 Å². The molecule has 0 saturated heterocycles. The number of hydrogen-bond acceptors (Lipinski definition) is 3. The van der Waals surface area contributed by atoms with Gasteiger partial charge in [0.15, 0.2) is 0 Å². The van der Waals surface area contributed by atoms with Gasteiger partial charge in [-0.25, -0.2) is 0 Å². The normalized spacial score (nSPS) is 10.4. The van der Waals surface area contributed by atoms with E-state index in [2.05, 4.69) is 4.98 Å². The summed E-state index contributed by atoms with van der Waals surface area (Å²) in [5, 5.41) is 0.851. The van der Waals surface area contributed by atoms with Gasteiger partial charge in [0.25, 0.3) is 5.56 Å². The van der Waals surface area contributed by atoms with Crippen molar-refractivity contribution in [2.75, 3.05) is 14.2 Å². The molecule has 2 aromatic rings. The van der Waals surface area contributed by atoms with Crippen LogP contribution in [0.5, 0.6) is 11.5 Å². The van der Waals surface area contributed by atoms with Gasteiger partial charge >= 0.3 is 0 Å². The largest absolute Gasteiger partial charge is 0.496 e. The topological polar surface area (TPSA) is 51.3 Å². The molecule has 1 aromatic heterocycles. The lowest BCUT2D eigenvalue weighted by molar-refractivity contribution is 0.411. The fourth-order valence-corrected chi connectivity index (χ4v) is 2.20. The van der Waals surface area contributed by atoms with Crippen LogP contribution in [-0.2, 0) is 6.42 Å². The predicted octanol–water partition coefficient (Wildman–Crippen LogP) is 3.05. The standard InChI is InChI=1S/C16H19NO3/c1-10(2)8-9-12-15(20-4)11-6-5-7-13(19-3)14(11)17-16(12)18/h5-8H,9H2,1-4H3,(H,17,18). The molecule has 0 aliphatic heterocycles. The molecule has 0 fully saturated rings. The Morgan fingerprint density at radius 3 is 2.60 bits per heavy atom. The zero-order chi connectivity index (χ0) is 14.7. The first-order valence-electron chi connectivity index (χ1n) is 6.47. The number of H-pyrrole nitrogens is 1. The third-order valence-electron chi connectivity index (χ3n) is 3.20. The number of ether oxygens (including phenoxy) is 2. The molecule has 4 nitrogen and oxygen atoms in total. The lowest BCUT2D eigenvalue weighted by Crippen LogP contribution is -2.14. The molecule has 4 heteroatoms. The summed E-state index contributed by atoms with van der Waals surface area (Å²) in [5.74, 6) is 1.24. The molecule has 0 bridgehead atoms. The number of hydrogen-bond donors (Lipinski definition) is 1. The number of rotatable bonds is 4. The zero-order valence-corrected chi connectivity index (χ0v) is 12.2. The smallest absolute Gasteiger partial charge is 0.255 e. The summed E-state index contributed by atoms with van der Waals surface area (Å²) in [4.78, 5) is 15.2. The number of nitrogens with one attached hydrogen (secondary N) is 1. The molecular formula is C16H19NO3. The summed E-state index contributed by atoms with van der Waals surface area (Å²) >= 11 is 0. The number of aromatic nitrogens is 1. The van der Waals surface area contributed by atoms with E-state index in [0.29, 0.717) is 29.0 Å². The van der Waals surface area contributed by atoms with E-state index in [-0.39, 0.29) is 5.56 Å². The second kappa shape index (κ2) is 5.82. The number of allylic oxidation sites excluding steroid dienone is 2. The Kier molecular flexibility index (Phi) is 4.13. The van der Waals surface area contributed by atoms with Crippen LogP contribution in [0, 0.1) is 0 Å². The van der Waals surface area contributed by atoms with Crippen LogP contribution in [0.2, 0.25) is 0 Å². The van der Waals surface area contributed by atoms with E-state index >= 15 is 0 Å². The highest BCUT2D eigenvalue weighted by Crippen LogP contribution is 2.31. The van der Waals surface area contributed by atoms with Crippen LogP contribution in [-0.4, -0.2) is 19.2 Å². The van der Waals surface area contributed by atoms with E-state index in [0.717, 1.165) is 11.0 Å². The lowest BCUT2D eigenvalue weighted by Gasteiger charge is -2.12. The first-order chi connectivity index (χ1) is 9.58. The van der Waals surface area contributed by atoms with Crippen molar-refractivity contribution in [1.29, 1.82) is 0 Å². The average Bonchev–Trinajstić information content (AvgIpc) is 2.43. The maximum absolute atomic E-state index is 12.3. The van der Waals surface area contributed by atoms with Gasteiger partial charge in [-0.15, -0.1) is 0 Å². The molecule has 2 rings (SSSR count). The van der Waals surface area contributed by atoms with Crippen LogP contribution in [0.25, 0.3) is 10.9 Å². The molecule has 0 unspecified atom stereocenters. The summed E-state index contributed by atoms with van der Waals surface area (Å²) in [6, 6.07) is 5.61. The SMILES string of the molecule is COc1c(CC=C(C)C)c(=O)[nH]c2c(OC)cccc12. The Balaban J connectivity index is 2.74. The van der Waals surface area contributed by atoms with E-state index in [4.69, 9.17) is 9.47 Å². The van der Waals surface area contributed by atoms with Crippen molar-refractivity contribution < 1.29 is 9.47 Å². The Morgan fingerprint density at radius 2 is 2.00 bits per heavy atom. The quantitative estimate of drug-likeness (QED) is 0.871.